The van der Waals surface area contributed by atoms with Gasteiger partial charge in [0.25, 0.3) is 5.91 Å². The second-order valence-electron chi connectivity index (χ2n) is 7.78. The summed E-state index contributed by atoms with van der Waals surface area (Å²) < 4.78 is 7.07. The van der Waals surface area contributed by atoms with Crippen LogP contribution in [0.15, 0.2) is 60.7 Å². The van der Waals surface area contributed by atoms with Gasteiger partial charge in [-0.25, -0.2) is 4.52 Å². The zero-order valence-electron chi connectivity index (χ0n) is 18.9. The van der Waals surface area contributed by atoms with Crippen LogP contribution in [0.1, 0.15) is 44.6 Å². The van der Waals surface area contributed by atoms with Gasteiger partial charge in [-0.1, -0.05) is 31.2 Å². The van der Waals surface area contributed by atoms with Gasteiger partial charge in [0.05, 0.1) is 23.9 Å². The first-order valence-corrected chi connectivity index (χ1v) is 10.8. The lowest BCUT2D eigenvalue weighted by Crippen LogP contribution is -2.25. The first-order chi connectivity index (χ1) is 15.9. The second kappa shape index (κ2) is 9.16. The minimum absolute atomic E-state index is 0.216. The molecule has 7 heteroatoms. The second-order valence-corrected chi connectivity index (χ2v) is 7.78. The van der Waals surface area contributed by atoms with Crippen molar-refractivity contribution in [2.75, 3.05) is 7.11 Å². The van der Waals surface area contributed by atoms with Gasteiger partial charge in [-0.05, 0) is 60.9 Å². The molecule has 0 saturated heterocycles. The van der Waals surface area contributed by atoms with Gasteiger partial charge < -0.3 is 15.8 Å². The number of aryl methyl sites for hydroxylation is 2. The highest BCUT2D eigenvalue weighted by Crippen LogP contribution is 2.32. The number of amides is 2. The summed E-state index contributed by atoms with van der Waals surface area (Å²) >= 11 is 0. The number of nitrogens with one attached hydrogen (secondary N) is 1. The smallest absolute Gasteiger partial charge is 0.254 e. The fourth-order valence-corrected chi connectivity index (χ4v) is 3.94. The number of rotatable bonds is 7. The Hall–Kier alpha value is -4.13. The van der Waals surface area contributed by atoms with E-state index in [1.165, 1.54) is 0 Å². The molecule has 3 N–H and O–H groups in total. The Morgan fingerprint density at radius 3 is 2.33 bits per heavy atom. The number of carbonyl (C=O) groups is 2. The molecule has 2 heterocycles. The van der Waals surface area contributed by atoms with Gasteiger partial charge in [-0.3, -0.25) is 9.59 Å². The summed E-state index contributed by atoms with van der Waals surface area (Å²) in [6.07, 6.45) is 0.809. The average Bonchev–Trinajstić information content (AvgIpc) is 3.24. The topological polar surface area (TPSA) is 98.7 Å². The Balaban J connectivity index is 1.77. The van der Waals surface area contributed by atoms with E-state index in [1.54, 1.807) is 19.2 Å². The monoisotopic (exact) mass is 442 g/mol. The molecular weight excluding hydrogens is 416 g/mol. The van der Waals surface area contributed by atoms with Crippen molar-refractivity contribution in [1.29, 1.82) is 0 Å². The quantitative estimate of drug-likeness (QED) is 0.453. The molecule has 7 nitrogen and oxygen atoms in total. The highest BCUT2D eigenvalue weighted by atomic mass is 16.5. The van der Waals surface area contributed by atoms with Crippen molar-refractivity contribution >= 4 is 17.3 Å². The van der Waals surface area contributed by atoms with E-state index in [-0.39, 0.29) is 5.91 Å². The molecular formula is C26H26N4O3. The summed E-state index contributed by atoms with van der Waals surface area (Å²) in [6.45, 7) is 4.27. The number of nitrogens with zero attached hydrogens (tertiary/aromatic N) is 2. The van der Waals surface area contributed by atoms with Crippen LogP contribution >= 0.6 is 0 Å². The van der Waals surface area contributed by atoms with Crippen molar-refractivity contribution in [3.05, 3.63) is 88.7 Å². The van der Waals surface area contributed by atoms with Gasteiger partial charge in [0, 0.05) is 23.4 Å². The van der Waals surface area contributed by atoms with Crippen molar-refractivity contribution < 1.29 is 14.3 Å². The lowest BCUT2D eigenvalue weighted by Gasteiger charge is -2.16. The molecule has 33 heavy (non-hydrogen) atoms. The number of ether oxygens (including phenoxy) is 1. The van der Waals surface area contributed by atoms with Gasteiger partial charge in [0.2, 0.25) is 5.91 Å². The number of hydrogen-bond acceptors (Lipinski definition) is 4. The number of benzene rings is 2. The lowest BCUT2D eigenvalue weighted by molar-refractivity contribution is 0.0949. The summed E-state index contributed by atoms with van der Waals surface area (Å²) in [7, 11) is 1.62. The Bertz CT molecular complexity index is 1320. The summed E-state index contributed by atoms with van der Waals surface area (Å²) in [6, 6.07) is 18.5. The third kappa shape index (κ3) is 4.30. The number of carbonyl (C=O) groups excluding carboxylic acids is 2. The standard InChI is InChI=1S/C26H26N4O3/c1-4-20-11-14-22-24(18-7-9-19(10-8-18)25(27)31)23(16(2)29-30(20)22)26(32)28-15-17-5-12-21(33-3)13-6-17/h5-14H,4,15H2,1-3H3,(H2,27,31)(H,28,32). The van der Waals surface area contributed by atoms with Gasteiger partial charge in [0.1, 0.15) is 5.75 Å². The van der Waals surface area contributed by atoms with Crippen LogP contribution in [0.3, 0.4) is 0 Å². The molecule has 4 rings (SSSR count). The molecule has 0 unspecified atom stereocenters. The Morgan fingerprint density at radius 1 is 1.03 bits per heavy atom. The van der Waals surface area contributed by atoms with E-state index >= 15 is 0 Å². The number of methoxy groups -OCH3 is 1. The molecule has 0 saturated carbocycles. The van der Waals surface area contributed by atoms with Crippen LogP contribution in [-0.2, 0) is 13.0 Å². The highest BCUT2D eigenvalue weighted by Gasteiger charge is 2.22. The maximum Gasteiger partial charge on any atom is 0.254 e. The molecule has 168 valence electrons. The largest absolute Gasteiger partial charge is 0.497 e. The zero-order valence-corrected chi connectivity index (χ0v) is 18.9. The van der Waals surface area contributed by atoms with Crippen LogP contribution in [0.25, 0.3) is 16.6 Å². The van der Waals surface area contributed by atoms with E-state index in [4.69, 9.17) is 15.6 Å². The van der Waals surface area contributed by atoms with Crippen molar-refractivity contribution in [2.24, 2.45) is 5.73 Å². The summed E-state index contributed by atoms with van der Waals surface area (Å²) in [5, 5.41) is 7.72. The number of hydrogen-bond donors (Lipinski definition) is 2. The maximum absolute atomic E-state index is 13.4. The van der Waals surface area contributed by atoms with E-state index in [0.29, 0.717) is 23.4 Å². The SMILES string of the molecule is CCc1ccc2c(-c3ccc(C(N)=O)cc3)c(C(=O)NCc3ccc(OC)cc3)c(C)nn12. The molecule has 0 fully saturated rings. The van der Waals surface area contributed by atoms with Crippen molar-refractivity contribution in [1.82, 2.24) is 14.9 Å². The summed E-state index contributed by atoms with van der Waals surface area (Å²) in [5.41, 5.74) is 11.4. The van der Waals surface area contributed by atoms with Crippen molar-refractivity contribution in [3.8, 4) is 16.9 Å². The number of aromatic nitrogens is 2. The predicted octanol–water partition coefficient (Wildman–Crippen LogP) is 3.91. The first kappa shape index (κ1) is 22.1. The van der Waals surface area contributed by atoms with E-state index in [1.807, 2.05) is 60.0 Å². The number of nitrogens with two attached hydrogens (primary N) is 1. The zero-order chi connectivity index (χ0) is 23.5. The molecule has 2 aromatic carbocycles. The lowest BCUT2D eigenvalue weighted by atomic mass is 9.97. The predicted molar refractivity (Wildman–Crippen MR) is 127 cm³/mol. The van der Waals surface area contributed by atoms with E-state index < -0.39 is 5.91 Å². The molecule has 4 aromatic rings. The molecule has 0 aliphatic rings. The van der Waals surface area contributed by atoms with Crippen LogP contribution in [0.5, 0.6) is 5.75 Å². The van der Waals surface area contributed by atoms with Crippen molar-refractivity contribution in [3.63, 3.8) is 0 Å². The van der Waals surface area contributed by atoms with Crippen LogP contribution < -0.4 is 15.8 Å². The minimum Gasteiger partial charge on any atom is -0.497 e. The molecule has 0 spiro atoms. The summed E-state index contributed by atoms with van der Waals surface area (Å²) in [4.78, 5) is 24.9. The fourth-order valence-electron chi connectivity index (χ4n) is 3.94. The number of fused-ring (bicyclic) bond motifs is 1. The Morgan fingerprint density at radius 2 is 1.73 bits per heavy atom. The normalized spacial score (nSPS) is 10.9. The molecule has 0 aliphatic heterocycles. The van der Waals surface area contributed by atoms with E-state index in [0.717, 1.165) is 40.1 Å². The Labute approximate surface area is 192 Å². The van der Waals surface area contributed by atoms with Crippen molar-refractivity contribution in [2.45, 2.75) is 26.8 Å². The van der Waals surface area contributed by atoms with E-state index in [9.17, 15) is 9.59 Å². The van der Waals surface area contributed by atoms with E-state index in [2.05, 4.69) is 12.2 Å². The van der Waals surface area contributed by atoms with Crippen LogP contribution in [0.2, 0.25) is 0 Å². The molecule has 0 bridgehead atoms. The van der Waals surface area contributed by atoms with Gasteiger partial charge in [0.15, 0.2) is 0 Å². The first-order valence-electron chi connectivity index (χ1n) is 10.8. The van der Waals surface area contributed by atoms with Crippen LogP contribution in [0, 0.1) is 6.92 Å². The summed E-state index contributed by atoms with van der Waals surface area (Å²) in [5.74, 6) is 0.0507. The molecule has 2 aromatic heterocycles. The maximum atomic E-state index is 13.4. The number of primary amides is 1. The minimum atomic E-state index is -0.494. The van der Waals surface area contributed by atoms with Gasteiger partial charge >= 0.3 is 0 Å². The van der Waals surface area contributed by atoms with Crippen LogP contribution in [0.4, 0.5) is 0 Å². The molecule has 2 amide bonds. The third-order valence-electron chi connectivity index (χ3n) is 5.71. The molecule has 0 aliphatic carbocycles. The highest BCUT2D eigenvalue weighted by molar-refractivity contribution is 6.06. The molecule has 0 atom stereocenters. The third-order valence-corrected chi connectivity index (χ3v) is 5.71. The molecule has 0 radical (unpaired) electrons. The van der Waals surface area contributed by atoms with Gasteiger partial charge in [-0.15, -0.1) is 0 Å². The fraction of sp³-hybridized carbons (Fsp3) is 0.192. The average molecular weight is 443 g/mol. The Kier molecular flexibility index (Phi) is 6.13. The van der Waals surface area contributed by atoms with Crippen LogP contribution in [-0.4, -0.2) is 28.5 Å². The van der Waals surface area contributed by atoms with Gasteiger partial charge in [-0.2, -0.15) is 5.10 Å².